The average Bonchev–Trinajstić information content (AvgIpc) is 3.37. The van der Waals surface area contributed by atoms with Crippen LogP contribution in [-0.2, 0) is 14.4 Å². The van der Waals surface area contributed by atoms with Crippen molar-refractivity contribution in [3.8, 4) is 0 Å². The average molecular weight is 635 g/mol. The summed E-state index contributed by atoms with van der Waals surface area (Å²) in [6.07, 6.45) is 13.6. The van der Waals surface area contributed by atoms with Gasteiger partial charge >= 0.3 is 0 Å². The lowest BCUT2D eigenvalue weighted by Gasteiger charge is -2.73. The van der Waals surface area contributed by atoms with Crippen molar-refractivity contribution in [3.63, 3.8) is 0 Å². The largest absolute Gasteiger partial charge is 0.299 e. The van der Waals surface area contributed by atoms with Gasteiger partial charge in [0.05, 0.1) is 0 Å². The molecule has 6 aliphatic carbocycles. The summed E-state index contributed by atoms with van der Waals surface area (Å²) in [6, 6.07) is 0. The molecule has 2 amide bonds. The predicted molar refractivity (Wildman–Crippen MR) is 185 cm³/mol. The number of rotatable bonds is 5. The molecule has 0 saturated heterocycles. The third-order valence-electron chi connectivity index (χ3n) is 17.8. The summed E-state index contributed by atoms with van der Waals surface area (Å²) in [7, 11) is 0. The Hall–Kier alpha value is -1.65. The molecule has 6 saturated carbocycles. The molecule has 0 bridgehead atoms. The van der Waals surface area contributed by atoms with Crippen LogP contribution in [0.15, 0.2) is 12.2 Å². The van der Waals surface area contributed by atoms with E-state index in [1.54, 1.807) is 0 Å². The molecule has 6 aliphatic rings. The SMILES string of the molecule is C=C(C)[C@@H]1CC[C@]2(C(=O)C[C@@H]3C[C@H](C(=O)NNC(C)=O)C3(C)C)CC[C@]3(C)[C@H](CC[C@@H]4[C@@]5(C)CC[C@H](C)C(C)(C)[C@@H]5CC[C@]43C)[C@@H]12. The number of fused-ring (bicyclic) bond motifs is 7. The van der Waals surface area contributed by atoms with Crippen LogP contribution in [-0.4, -0.2) is 17.6 Å². The third-order valence-corrected chi connectivity index (χ3v) is 17.8. The lowest BCUT2D eigenvalue weighted by molar-refractivity contribution is -0.240. The molecular formula is C41H66N2O3. The number of hydrogen-bond acceptors (Lipinski definition) is 3. The number of Topliss-reactive ketones (excluding diaryl/α,β-unsaturated/α-hetero) is 1. The van der Waals surface area contributed by atoms with Crippen LogP contribution in [0.1, 0.15) is 146 Å². The van der Waals surface area contributed by atoms with Crippen LogP contribution >= 0.6 is 0 Å². The highest BCUT2D eigenvalue weighted by atomic mass is 16.2. The van der Waals surface area contributed by atoms with Gasteiger partial charge in [0.15, 0.2) is 0 Å². The zero-order valence-electron chi connectivity index (χ0n) is 31.0. The number of hydrogen-bond donors (Lipinski definition) is 2. The molecule has 12 atom stereocenters. The first-order valence-corrected chi connectivity index (χ1v) is 19.0. The van der Waals surface area contributed by atoms with E-state index >= 15 is 0 Å². The first-order valence-electron chi connectivity index (χ1n) is 19.0. The summed E-state index contributed by atoms with van der Waals surface area (Å²) in [5.74, 6) is 3.82. The lowest BCUT2D eigenvalue weighted by atomic mass is 9.31. The Balaban J connectivity index is 1.27. The molecule has 5 nitrogen and oxygen atoms in total. The van der Waals surface area contributed by atoms with Gasteiger partial charge in [0.1, 0.15) is 5.78 Å². The van der Waals surface area contributed by atoms with Crippen LogP contribution in [0.2, 0.25) is 0 Å². The molecule has 0 heterocycles. The van der Waals surface area contributed by atoms with Gasteiger partial charge in [-0.15, -0.1) is 0 Å². The number of carbonyl (C=O) groups excluding carboxylic acids is 3. The van der Waals surface area contributed by atoms with Crippen LogP contribution in [0.3, 0.4) is 0 Å². The summed E-state index contributed by atoms with van der Waals surface area (Å²) >= 11 is 0. The first-order chi connectivity index (χ1) is 21.3. The standard InChI is InChI=1S/C41H66N2O3/c1-24(2)28-15-19-41(33(45)23-27-22-30(37(27,7)8)35(46)43-42-26(4)44)21-20-39(10)29(34(28)41)12-13-32-38(9)17-14-25(3)36(5,6)31(38)16-18-40(32,39)11/h25,27-32,34H,1,12-23H2,2-11H3,(H,42,44)(H,43,46)/t25-,27-,28-,29+,30+,31-,32+,34+,38-,39+,40+,41+/m0/s1. The lowest BCUT2D eigenvalue weighted by Crippen LogP contribution is -2.66. The van der Waals surface area contributed by atoms with Crippen molar-refractivity contribution < 1.29 is 14.4 Å². The Morgan fingerprint density at radius 2 is 1.43 bits per heavy atom. The topological polar surface area (TPSA) is 75.3 Å². The Morgan fingerprint density at radius 1 is 0.739 bits per heavy atom. The number of ketones is 1. The quantitative estimate of drug-likeness (QED) is 0.234. The van der Waals surface area contributed by atoms with E-state index in [-0.39, 0.29) is 39.9 Å². The highest BCUT2D eigenvalue weighted by Crippen LogP contribution is 2.78. The van der Waals surface area contributed by atoms with Crippen LogP contribution in [0, 0.1) is 79.8 Å². The van der Waals surface area contributed by atoms with Crippen molar-refractivity contribution in [3.05, 3.63) is 12.2 Å². The second-order valence-electron chi connectivity index (χ2n) is 19.7. The monoisotopic (exact) mass is 635 g/mol. The zero-order chi connectivity index (χ0) is 33.8. The Kier molecular flexibility index (Phi) is 8.13. The molecule has 0 aromatic rings. The minimum absolute atomic E-state index is 0.138. The summed E-state index contributed by atoms with van der Waals surface area (Å²) in [5, 5.41) is 0. The molecule has 5 heteroatoms. The van der Waals surface area contributed by atoms with Crippen molar-refractivity contribution in [1.29, 1.82) is 0 Å². The van der Waals surface area contributed by atoms with E-state index < -0.39 is 0 Å². The van der Waals surface area contributed by atoms with E-state index in [4.69, 9.17) is 0 Å². The van der Waals surface area contributed by atoms with Crippen LogP contribution in [0.4, 0.5) is 0 Å². The van der Waals surface area contributed by atoms with Crippen LogP contribution < -0.4 is 10.9 Å². The molecule has 0 aromatic carbocycles. The van der Waals surface area contributed by atoms with Gasteiger partial charge in [-0.05, 0) is 146 Å². The number of nitrogens with one attached hydrogen (secondary N) is 2. The van der Waals surface area contributed by atoms with Crippen molar-refractivity contribution in [2.45, 2.75) is 146 Å². The van der Waals surface area contributed by atoms with Gasteiger partial charge in [-0.2, -0.15) is 0 Å². The second-order valence-corrected chi connectivity index (χ2v) is 19.7. The minimum Gasteiger partial charge on any atom is -0.299 e. The van der Waals surface area contributed by atoms with Gasteiger partial charge in [-0.1, -0.05) is 67.5 Å². The second kappa shape index (κ2) is 10.9. The maximum absolute atomic E-state index is 14.8. The number of carbonyl (C=O) groups is 3. The summed E-state index contributed by atoms with van der Waals surface area (Å²) in [5.41, 5.74) is 7.15. The molecule has 258 valence electrons. The fraction of sp³-hybridized carbons (Fsp3) is 0.878. The van der Waals surface area contributed by atoms with E-state index in [9.17, 15) is 14.4 Å². The molecule has 0 aromatic heterocycles. The van der Waals surface area contributed by atoms with Gasteiger partial charge < -0.3 is 0 Å². The molecule has 0 spiro atoms. The number of hydrazine groups is 1. The summed E-state index contributed by atoms with van der Waals surface area (Å²) < 4.78 is 0. The summed E-state index contributed by atoms with van der Waals surface area (Å²) in [4.78, 5) is 39.1. The zero-order valence-corrected chi connectivity index (χ0v) is 31.0. The first kappa shape index (κ1) is 34.2. The van der Waals surface area contributed by atoms with E-state index in [0.29, 0.717) is 52.6 Å². The highest BCUT2D eigenvalue weighted by Gasteiger charge is 2.71. The van der Waals surface area contributed by atoms with Gasteiger partial charge in [0, 0.05) is 24.7 Å². The molecule has 2 N–H and O–H groups in total. The van der Waals surface area contributed by atoms with Crippen molar-refractivity contribution in [1.82, 2.24) is 10.9 Å². The maximum atomic E-state index is 14.8. The van der Waals surface area contributed by atoms with Crippen LogP contribution in [0.25, 0.3) is 0 Å². The van der Waals surface area contributed by atoms with E-state index in [2.05, 4.69) is 79.7 Å². The Morgan fingerprint density at radius 3 is 2.07 bits per heavy atom. The number of amides is 2. The smallest absolute Gasteiger partial charge is 0.242 e. The van der Waals surface area contributed by atoms with Crippen molar-refractivity contribution in [2.75, 3.05) is 0 Å². The van der Waals surface area contributed by atoms with E-state index in [1.165, 1.54) is 57.4 Å². The predicted octanol–water partition coefficient (Wildman–Crippen LogP) is 9.07. The summed E-state index contributed by atoms with van der Waals surface area (Å²) in [6.45, 7) is 28.2. The fourth-order valence-corrected chi connectivity index (χ4v) is 14.3. The minimum atomic E-state index is -0.276. The molecule has 0 unspecified atom stereocenters. The van der Waals surface area contributed by atoms with Crippen LogP contribution in [0.5, 0.6) is 0 Å². The fourth-order valence-electron chi connectivity index (χ4n) is 14.3. The van der Waals surface area contributed by atoms with Gasteiger partial charge in [0.25, 0.3) is 0 Å². The molecule has 6 fully saturated rings. The van der Waals surface area contributed by atoms with E-state index in [1.807, 2.05) is 0 Å². The van der Waals surface area contributed by atoms with Gasteiger partial charge in [-0.3, -0.25) is 25.2 Å². The van der Waals surface area contributed by atoms with Gasteiger partial charge in [0.2, 0.25) is 11.8 Å². The Labute approximate surface area is 280 Å². The molecule has 6 rings (SSSR count). The highest BCUT2D eigenvalue weighted by molar-refractivity contribution is 5.88. The molecular weight excluding hydrogens is 568 g/mol. The van der Waals surface area contributed by atoms with Crippen molar-refractivity contribution >= 4 is 17.6 Å². The maximum Gasteiger partial charge on any atom is 0.242 e. The van der Waals surface area contributed by atoms with Crippen molar-refractivity contribution in [2.24, 2.45) is 79.8 Å². The Bertz CT molecular complexity index is 1300. The molecule has 0 radical (unpaired) electrons. The third kappa shape index (κ3) is 4.54. The van der Waals surface area contributed by atoms with Gasteiger partial charge in [-0.25, -0.2) is 0 Å². The normalized spacial score (nSPS) is 48.4. The number of allylic oxidation sites excluding steroid dienone is 1. The van der Waals surface area contributed by atoms with E-state index in [0.717, 1.165) is 37.0 Å². The molecule has 0 aliphatic heterocycles. The molecule has 46 heavy (non-hydrogen) atoms.